The van der Waals surface area contributed by atoms with Crippen molar-refractivity contribution in [3.8, 4) is 0 Å². The van der Waals surface area contributed by atoms with E-state index in [1.807, 2.05) is 20.0 Å². The van der Waals surface area contributed by atoms with Crippen molar-refractivity contribution in [1.29, 1.82) is 0 Å². The lowest BCUT2D eigenvalue weighted by atomic mass is 10.2. The summed E-state index contributed by atoms with van der Waals surface area (Å²) in [6.45, 7) is 4.38. The zero-order valence-corrected chi connectivity index (χ0v) is 6.64. The Morgan fingerprint density at radius 2 is 2.36 bits per heavy atom. The average molecular weight is 150 g/mol. The second-order valence-electron chi connectivity index (χ2n) is 2.48. The molecule has 0 aliphatic carbocycles. The Kier molecular flexibility index (Phi) is 2.24. The van der Waals surface area contributed by atoms with Gasteiger partial charge in [0.1, 0.15) is 0 Å². The Morgan fingerprint density at radius 1 is 1.64 bits per heavy atom. The van der Waals surface area contributed by atoms with Gasteiger partial charge in [-0.3, -0.25) is 0 Å². The lowest BCUT2D eigenvalue weighted by molar-refractivity contribution is 0.562. The van der Waals surface area contributed by atoms with Crippen LogP contribution in [0.15, 0.2) is 11.2 Å². The normalized spacial score (nSPS) is 9.27. The molecule has 0 spiro atoms. The smallest absolute Gasteiger partial charge is 0.235 e. The summed E-state index contributed by atoms with van der Waals surface area (Å²) in [4.78, 5) is 16.4. The number of aliphatic imine (C=N–C) groups is 1. The van der Waals surface area contributed by atoms with E-state index < -0.39 is 0 Å². The van der Waals surface area contributed by atoms with E-state index in [1.165, 1.54) is 6.08 Å². The number of aryl methyl sites for hydroxylation is 2. The number of carbonyl (C=O) groups excluding carboxylic acids is 1. The first-order valence-electron chi connectivity index (χ1n) is 3.42. The molecule has 0 atom stereocenters. The molecule has 0 amide bonds. The molecule has 0 aliphatic rings. The fraction of sp³-hybridized carbons (Fsp3) is 0.375. The number of rotatable bonds is 2. The minimum Gasteiger partial charge on any atom is -0.365 e. The van der Waals surface area contributed by atoms with Crippen LogP contribution in [0.2, 0.25) is 0 Å². The molecule has 11 heavy (non-hydrogen) atoms. The monoisotopic (exact) mass is 150 g/mol. The van der Waals surface area contributed by atoms with Gasteiger partial charge in [0.2, 0.25) is 6.08 Å². The summed E-state index contributed by atoms with van der Waals surface area (Å²) >= 11 is 0. The Morgan fingerprint density at radius 3 is 2.82 bits per heavy atom. The van der Waals surface area contributed by atoms with Gasteiger partial charge >= 0.3 is 0 Å². The molecule has 0 aliphatic heterocycles. The van der Waals surface area contributed by atoms with Crippen molar-refractivity contribution in [1.82, 2.24) is 4.98 Å². The summed E-state index contributed by atoms with van der Waals surface area (Å²) in [5.74, 6) is 0. The average Bonchev–Trinajstić information content (AvgIpc) is 2.29. The lowest BCUT2D eigenvalue weighted by Gasteiger charge is -1.93. The molecule has 1 aromatic heterocycles. The van der Waals surface area contributed by atoms with Crippen molar-refractivity contribution in [2.75, 3.05) is 0 Å². The summed E-state index contributed by atoms with van der Waals surface area (Å²) in [5, 5.41) is 0. The zero-order chi connectivity index (χ0) is 8.27. The minimum atomic E-state index is 0.435. The summed E-state index contributed by atoms with van der Waals surface area (Å²) in [7, 11) is 0. The van der Waals surface area contributed by atoms with E-state index in [4.69, 9.17) is 0 Å². The highest BCUT2D eigenvalue weighted by atomic mass is 16.1. The van der Waals surface area contributed by atoms with Crippen molar-refractivity contribution < 1.29 is 4.79 Å². The molecular weight excluding hydrogens is 140 g/mol. The van der Waals surface area contributed by atoms with Crippen LogP contribution in [0, 0.1) is 13.8 Å². The molecule has 3 nitrogen and oxygen atoms in total. The predicted molar refractivity (Wildman–Crippen MR) is 42.1 cm³/mol. The molecule has 0 radical (unpaired) electrons. The maximum absolute atomic E-state index is 9.82. The summed E-state index contributed by atoms with van der Waals surface area (Å²) in [6, 6.07) is 0. The number of hydrogen-bond donors (Lipinski definition) is 1. The number of aromatic nitrogens is 1. The molecule has 1 aromatic rings. The minimum absolute atomic E-state index is 0.435. The number of nitrogens with zero attached hydrogens (tertiary/aromatic N) is 1. The molecule has 0 unspecified atom stereocenters. The number of nitrogens with one attached hydrogen (secondary N) is 1. The molecule has 3 heteroatoms. The van der Waals surface area contributed by atoms with Crippen LogP contribution >= 0.6 is 0 Å². The van der Waals surface area contributed by atoms with E-state index in [2.05, 4.69) is 9.98 Å². The first-order chi connectivity index (χ1) is 5.25. The topological polar surface area (TPSA) is 45.2 Å². The fourth-order valence-electron chi connectivity index (χ4n) is 1.04. The van der Waals surface area contributed by atoms with Gasteiger partial charge in [-0.05, 0) is 25.0 Å². The molecule has 0 saturated heterocycles. The van der Waals surface area contributed by atoms with E-state index in [1.54, 1.807) is 0 Å². The van der Waals surface area contributed by atoms with Crippen LogP contribution in [0.1, 0.15) is 16.8 Å². The van der Waals surface area contributed by atoms with Gasteiger partial charge in [0, 0.05) is 11.9 Å². The Labute approximate surface area is 65.2 Å². The van der Waals surface area contributed by atoms with Gasteiger partial charge < -0.3 is 4.98 Å². The number of hydrogen-bond acceptors (Lipinski definition) is 2. The zero-order valence-electron chi connectivity index (χ0n) is 6.64. The Balaban J connectivity index is 2.91. The quantitative estimate of drug-likeness (QED) is 0.503. The molecule has 0 saturated carbocycles. The van der Waals surface area contributed by atoms with Crippen LogP contribution in [0.3, 0.4) is 0 Å². The van der Waals surface area contributed by atoms with Crippen molar-refractivity contribution in [2.24, 2.45) is 4.99 Å². The van der Waals surface area contributed by atoms with E-state index in [-0.39, 0.29) is 0 Å². The van der Waals surface area contributed by atoms with Crippen LogP contribution in [0.25, 0.3) is 0 Å². The molecule has 0 aromatic carbocycles. The number of H-pyrrole nitrogens is 1. The second kappa shape index (κ2) is 3.17. The number of aromatic amines is 1. The third-order valence-electron chi connectivity index (χ3n) is 1.74. The van der Waals surface area contributed by atoms with Crippen molar-refractivity contribution in [3.05, 3.63) is 23.0 Å². The van der Waals surface area contributed by atoms with Gasteiger partial charge in [0.05, 0.1) is 6.54 Å². The molecule has 1 heterocycles. The van der Waals surface area contributed by atoms with Gasteiger partial charge in [-0.15, -0.1) is 0 Å². The van der Waals surface area contributed by atoms with Crippen LogP contribution in [0.5, 0.6) is 0 Å². The third-order valence-corrected chi connectivity index (χ3v) is 1.74. The van der Waals surface area contributed by atoms with Gasteiger partial charge in [-0.25, -0.2) is 9.79 Å². The summed E-state index contributed by atoms with van der Waals surface area (Å²) in [5.41, 5.74) is 3.30. The highest BCUT2D eigenvalue weighted by Crippen LogP contribution is 2.12. The van der Waals surface area contributed by atoms with E-state index >= 15 is 0 Å². The van der Waals surface area contributed by atoms with E-state index in [9.17, 15) is 4.79 Å². The van der Waals surface area contributed by atoms with Crippen molar-refractivity contribution in [2.45, 2.75) is 20.4 Å². The standard InChI is InChI=1S/C8H10N2O/c1-6-3-10-7(2)8(6)4-9-5-11/h3,10H,4H2,1-2H3. The molecule has 0 fully saturated rings. The third kappa shape index (κ3) is 1.57. The van der Waals surface area contributed by atoms with Crippen LogP contribution in [-0.2, 0) is 11.3 Å². The Hall–Kier alpha value is -1.34. The first-order valence-corrected chi connectivity index (χ1v) is 3.42. The van der Waals surface area contributed by atoms with Gasteiger partial charge in [0.15, 0.2) is 0 Å². The summed E-state index contributed by atoms with van der Waals surface area (Å²) in [6.07, 6.45) is 3.43. The van der Waals surface area contributed by atoms with E-state index in [0.717, 1.165) is 16.8 Å². The lowest BCUT2D eigenvalue weighted by Crippen LogP contribution is -1.84. The first kappa shape index (κ1) is 7.76. The second-order valence-corrected chi connectivity index (χ2v) is 2.48. The molecule has 58 valence electrons. The van der Waals surface area contributed by atoms with Crippen LogP contribution in [-0.4, -0.2) is 11.1 Å². The van der Waals surface area contributed by atoms with Gasteiger partial charge in [-0.2, -0.15) is 0 Å². The molecular formula is C8H10N2O. The fourth-order valence-corrected chi connectivity index (χ4v) is 1.04. The molecule has 1 rings (SSSR count). The van der Waals surface area contributed by atoms with Crippen molar-refractivity contribution >= 4 is 6.08 Å². The number of isocyanates is 1. The van der Waals surface area contributed by atoms with Crippen LogP contribution < -0.4 is 0 Å². The summed E-state index contributed by atoms with van der Waals surface area (Å²) < 4.78 is 0. The van der Waals surface area contributed by atoms with E-state index in [0.29, 0.717) is 6.54 Å². The predicted octanol–water partition coefficient (Wildman–Crippen LogP) is 1.47. The SMILES string of the molecule is Cc1c[nH]c(C)c1CN=C=O. The molecule has 0 bridgehead atoms. The highest BCUT2D eigenvalue weighted by Gasteiger charge is 2.01. The van der Waals surface area contributed by atoms with Crippen molar-refractivity contribution in [3.63, 3.8) is 0 Å². The highest BCUT2D eigenvalue weighted by molar-refractivity contribution is 5.35. The maximum Gasteiger partial charge on any atom is 0.235 e. The van der Waals surface area contributed by atoms with Crippen LogP contribution in [0.4, 0.5) is 0 Å². The van der Waals surface area contributed by atoms with Gasteiger partial charge in [0.25, 0.3) is 0 Å². The maximum atomic E-state index is 9.82. The van der Waals surface area contributed by atoms with Gasteiger partial charge in [-0.1, -0.05) is 0 Å². The molecule has 1 N–H and O–H groups in total. The largest absolute Gasteiger partial charge is 0.365 e. The Bertz CT molecular complexity index is 276.